The minimum absolute atomic E-state index is 0.0324. The molecule has 0 aliphatic carbocycles. The van der Waals surface area contributed by atoms with Gasteiger partial charge in [-0.3, -0.25) is 0 Å². The minimum atomic E-state index is 0.0324. The number of aromatic nitrogens is 2. The van der Waals surface area contributed by atoms with Gasteiger partial charge >= 0.3 is 0 Å². The molecule has 1 N–H and O–H groups in total. The Morgan fingerprint density at radius 1 is 1.06 bits per heavy atom. The first-order valence-corrected chi connectivity index (χ1v) is 4.96. The molecule has 0 saturated carbocycles. The van der Waals surface area contributed by atoms with Crippen molar-refractivity contribution in [1.29, 1.82) is 0 Å². The summed E-state index contributed by atoms with van der Waals surface area (Å²) in [5.74, 6) is 1.14. The van der Waals surface area contributed by atoms with Gasteiger partial charge in [-0.1, -0.05) is 12.1 Å². The summed E-state index contributed by atoms with van der Waals surface area (Å²) in [6.45, 7) is 1.90. The van der Waals surface area contributed by atoms with Gasteiger partial charge in [0.05, 0.1) is 12.3 Å². The highest BCUT2D eigenvalue weighted by Gasteiger charge is 1.99. The highest BCUT2D eigenvalue weighted by molar-refractivity contribution is 5.29. The van der Waals surface area contributed by atoms with Crippen LogP contribution >= 0.6 is 0 Å². The highest BCUT2D eigenvalue weighted by atomic mass is 16.5. The van der Waals surface area contributed by atoms with Crippen LogP contribution in [-0.4, -0.2) is 15.3 Å². The number of aliphatic hydroxyl groups is 1. The molecule has 0 aliphatic rings. The van der Waals surface area contributed by atoms with Gasteiger partial charge in [-0.2, -0.15) is 5.10 Å². The summed E-state index contributed by atoms with van der Waals surface area (Å²) in [7, 11) is 0. The van der Waals surface area contributed by atoms with Crippen LogP contribution in [0.3, 0.4) is 0 Å². The van der Waals surface area contributed by atoms with E-state index in [0.717, 1.165) is 11.3 Å². The highest BCUT2D eigenvalue weighted by Crippen LogP contribution is 2.18. The number of ether oxygens (including phenoxy) is 1. The molecule has 1 aromatic carbocycles. The maximum Gasteiger partial charge on any atom is 0.238 e. The molecule has 1 aromatic heterocycles. The van der Waals surface area contributed by atoms with E-state index in [-0.39, 0.29) is 6.61 Å². The third kappa shape index (κ3) is 2.55. The van der Waals surface area contributed by atoms with Crippen LogP contribution < -0.4 is 4.74 Å². The van der Waals surface area contributed by atoms with Crippen molar-refractivity contribution in [2.75, 3.05) is 0 Å². The third-order valence-electron chi connectivity index (χ3n) is 2.10. The molecule has 0 aliphatic heterocycles. The van der Waals surface area contributed by atoms with Crippen molar-refractivity contribution in [3.05, 3.63) is 47.7 Å². The predicted molar refractivity (Wildman–Crippen MR) is 59.2 cm³/mol. The molecule has 2 rings (SSSR count). The third-order valence-corrected chi connectivity index (χ3v) is 2.10. The second kappa shape index (κ2) is 4.72. The van der Waals surface area contributed by atoms with Crippen molar-refractivity contribution in [3.8, 4) is 11.6 Å². The fraction of sp³-hybridized carbons (Fsp3) is 0.167. The molecular formula is C12H12N2O2. The van der Waals surface area contributed by atoms with Crippen LogP contribution in [0.15, 0.2) is 36.4 Å². The van der Waals surface area contributed by atoms with E-state index < -0.39 is 0 Å². The van der Waals surface area contributed by atoms with E-state index in [1.807, 2.05) is 13.0 Å². The van der Waals surface area contributed by atoms with Crippen LogP contribution in [0.4, 0.5) is 0 Å². The second-order valence-corrected chi connectivity index (χ2v) is 3.42. The van der Waals surface area contributed by atoms with Gasteiger partial charge in [0.1, 0.15) is 5.75 Å². The number of hydrogen-bond donors (Lipinski definition) is 1. The van der Waals surface area contributed by atoms with E-state index in [4.69, 9.17) is 9.84 Å². The van der Waals surface area contributed by atoms with Crippen molar-refractivity contribution in [2.24, 2.45) is 0 Å². The smallest absolute Gasteiger partial charge is 0.238 e. The average Bonchev–Trinajstić information content (AvgIpc) is 2.33. The second-order valence-electron chi connectivity index (χ2n) is 3.42. The van der Waals surface area contributed by atoms with Gasteiger partial charge in [0.15, 0.2) is 0 Å². The molecular weight excluding hydrogens is 204 g/mol. The molecule has 0 fully saturated rings. The molecule has 2 aromatic rings. The molecule has 4 heteroatoms. The zero-order valence-electron chi connectivity index (χ0n) is 8.92. The van der Waals surface area contributed by atoms with Crippen LogP contribution in [0.25, 0.3) is 0 Å². The van der Waals surface area contributed by atoms with E-state index in [1.165, 1.54) is 0 Å². The molecule has 16 heavy (non-hydrogen) atoms. The lowest BCUT2D eigenvalue weighted by Crippen LogP contribution is -1.92. The van der Waals surface area contributed by atoms with E-state index >= 15 is 0 Å². The largest absolute Gasteiger partial charge is 0.438 e. The lowest BCUT2D eigenvalue weighted by Gasteiger charge is -2.04. The molecule has 0 unspecified atom stereocenters. The van der Waals surface area contributed by atoms with Crippen molar-refractivity contribution in [1.82, 2.24) is 10.2 Å². The Kier molecular flexibility index (Phi) is 3.12. The van der Waals surface area contributed by atoms with Crippen molar-refractivity contribution >= 4 is 0 Å². The summed E-state index contributed by atoms with van der Waals surface area (Å²) in [6.07, 6.45) is 0. The standard InChI is InChI=1S/C12H12N2O2/c1-9-2-7-12(14-13-9)16-11-5-3-10(8-15)4-6-11/h2-7,15H,8H2,1H3. The lowest BCUT2D eigenvalue weighted by atomic mass is 10.2. The van der Waals surface area contributed by atoms with Gasteiger partial charge < -0.3 is 9.84 Å². The Morgan fingerprint density at radius 3 is 2.38 bits per heavy atom. The molecule has 0 saturated heterocycles. The van der Waals surface area contributed by atoms with Crippen LogP contribution in [0.1, 0.15) is 11.3 Å². The first-order valence-electron chi connectivity index (χ1n) is 4.96. The van der Waals surface area contributed by atoms with E-state index in [1.54, 1.807) is 30.3 Å². The van der Waals surface area contributed by atoms with E-state index in [0.29, 0.717) is 11.6 Å². The number of aliphatic hydroxyl groups excluding tert-OH is 1. The van der Waals surface area contributed by atoms with E-state index in [9.17, 15) is 0 Å². The number of aryl methyl sites for hydroxylation is 1. The van der Waals surface area contributed by atoms with Gasteiger partial charge in [-0.25, -0.2) is 0 Å². The maximum atomic E-state index is 8.89. The van der Waals surface area contributed by atoms with Gasteiger partial charge in [0.2, 0.25) is 5.88 Å². The van der Waals surface area contributed by atoms with E-state index in [2.05, 4.69) is 10.2 Å². The molecule has 0 spiro atoms. The molecule has 0 bridgehead atoms. The maximum absolute atomic E-state index is 8.89. The predicted octanol–water partition coefficient (Wildman–Crippen LogP) is 2.07. The quantitative estimate of drug-likeness (QED) is 0.853. The van der Waals surface area contributed by atoms with Crippen LogP contribution in [-0.2, 0) is 6.61 Å². The molecule has 0 atom stereocenters. The summed E-state index contributed by atoms with van der Waals surface area (Å²) in [5, 5.41) is 16.7. The average molecular weight is 216 g/mol. The van der Waals surface area contributed by atoms with Crippen molar-refractivity contribution in [2.45, 2.75) is 13.5 Å². The van der Waals surface area contributed by atoms with Crippen molar-refractivity contribution in [3.63, 3.8) is 0 Å². The van der Waals surface area contributed by atoms with Gasteiger partial charge in [0.25, 0.3) is 0 Å². The first-order chi connectivity index (χ1) is 7.78. The number of nitrogens with zero attached hydrogens (tertiary/aromatic N) is 2. The fourth-order valence-electron chi connectivity index (χ4n) is 1.22. The molecule has 0 amide bonds. The Hall–Kier alpha value is -1.94. The normalized spacial score (nSPS) is 10.1. The Morgan fingerprint density at radius 2 is 1.81 bits per heavy atom. The summed E-state index contributed by atoms with van der Waals surface area (Å²) >= 11 is 0. The zero-order chi connectivity index (χ0) is 11.4. The van der Waals surface area contributed by atoms with Gasteiger partial charge in [-0.05, 0) is 30.7 Å². The minimum Gasteiger partial charge on any atom is -0.438 e. The number of benzene rings is 1. The fourth-order valence-corrected chi connectivity index (χ4v) is 1.22. The number of hydrogen-bond acceptors (Lipinski definition) is 4. The van der Waals surface area contributed by atoms with Crippen LogP contribution in [0, 0.1) is 6.92 Å². The van der Waals surface area contributed by atoms with Crippen LogP contribution in [0.2, 0.25) is 0 Å². The number of rotatable bonds is 3. The van der Waals surface area contributed by atoms with Gasteiger partial charge in [0, 0.05) is 6.07 Å². The Bertz CT molecular complexity index is 451. The molecule has 0 radical (unpaired) electrons. The summed E-state index contributed by atoms with van der Waals surface area (Å²) < 4.78 is 5.48. The van der Waals surface area contributed by atoms with Crippen LogP contribution in [0.5, 0.6) is 11.6 Å². The summed E-state index contributed by atoms with van der Waals surface area (Å²) in [4.78, 5) is 0. The molecule has 1 heterocycles. The summed E-state index contributed by atoms with van der Waals surface area (Å²) in [6, 6.07) is 10.8. The lowest BCUT2D eigenvalue weighted by molar-refractivity contribution is 0.281. The van der Waals surface area contributed by atoms with Crippen molar-refractivity contribution < 1.29 is 9.84 Å². The molecule has 4 nitrogen and oxygen atoms in total. The Balaban J connectivity index is 2.11. The monoisotopic (exact) mass is 216 g/mol. The summed E-state index contributed by atoms with van der Waals surface area (Å²) in [5.41, 5.74) is 1.70. The van der Waals surface area contributed by atoms with Gasteiger partial charge in [-0.15, -0.1) is 5.10 Å². The SMILES string of the molecule is Cc1ccc(Oc2ccc(CO)cc2)nn1. The topological polar surface area (TPSA) is 55.2 Å². The first kappa shape index (κ1) is 10.6. The zero-order valence-corrected chi connectivity index (χ0v) is 8.92. The Labute approximate surface area is 93.5 Å². The molecule has 82 valence electrons.